The zero-order chi connectivity index (χ0) is 18.9. The highest BCUT2D eigenvalue weighted by molar-refractivity contribution is 5.87. The van der Waals surface area contributed by atoms with Crippen LogP contribution >= 0.6 is 0 Å². The Kier molecular flexibility index (Phi) is 4.39. The molecule has 1 fully saturated rings. The number of aromatic nitrogens is 1. The number of hydrogen-bond acceptors (Lipinski definition) is 4. The third kappa shape index (κ3) is 3.07. The van der Waals surface area contributed by atoms with E-state index < -0.39 is 11.4 Å². The van der Waals surface area contributed by atoms with Gasteiger partial charge in [0.05, 0.1) is 11.8 Å². The Hall–Kier alpha value is -3.15. The molecular formula is C21H20N2O4. The second kappa shape index (κ2) is 6.87. The van der Waals surface area contributed by atoms with Gasteiger partial charge in [-0.15, -0.1) is 0 Å². The van der Waals surface area contributed by atoms with Crippen LogP contribution in [-0.2, 0) is 21.4 Å². The van der Waals surface area contributed by atoms with Crippen molar-refractivity contribution in [2.75, 3.05) is 13.1 Å². The molecule has 27 heavy (non-hydrogen) atoms. The predicted octanol–water partition coefficient (Wildman–Crippen LogP) is 3.02. The molecule has 1 aliphatic rings. The Morgan fingerprint density at radius 3 is 2.41 bits per heavy atom. The maximum atomic E-state index is 12.7. The van der Waals surface area contributed by atoms with E-state index in [1.165, 1.54) is 0 Å². The van der Waals surface area contributed by atoms with Crippen LogP contribution in [0.25, 0.3) is 11.0 Å². The van der Waals surface area contributed by atoms with E-state index >= 15 is 0 Å². The first-order valence-corrected chi connectivity index (χ1v) is 9.00. The normalized spacial score (nSPS) is 16.4. The fraction of sp³-hybridized carbons (Fsp3) is 0.286. The standard InChI is InChI=1S/C21H20N2O4/c24-19(14-17-16-8-4-5-9-18(16)27-22-17)23-12-10-21(11-13-23,20(25)26)15-6-2-1-3-7-15/h1-9H,10-14H2,(H,25,26). The molecule has 1 amide bonds. The van der Waals surface area contributed by atoms with Crippen molar-refractivity contribution in [1.82, 2.24) is 10.1 Å². The van der Waals surface area contributed by atoms with Gasteiger partial charge in [0.1, 0.15) is 5.69 Å². The number of benzene rings is 2. The van der Waals surface area contributed by atoms with Crippen LogP contribution in [-0.4, -0.2) is 40.1 Å². The van der Waals surface area contributed by atoms with Crippen molar-refractivity contribution in [2.24, 2.45) is 0 Å². The van der Waals surface area contributed by atoms with Gasteiger partial charge in [0.25, 0.3) is 0 Å². The van der Waals surface area contributed by atoms with Gasteiger partial charge in [-0.05, 0) is 30.5 Å². The van der Waals surface area contributed by atoms with Crippen molar-refractivity contribution >= 4 is 22.8 Å². The summed E-state index contributed by atoms with van der Waals surface area (Å²) in [6.07, 6.45) is 0.956. The van der Waals surface area contributed by atoms with E-state index in [1.54, 1.807) is 4.90 Å². The summed E-state index contributed by atoms with van der Waals surface area (Å²) in [7, 11) is 0. The Labute approximate surface area is 156 Å². The summed E-state index contributed by atoms with van der Waals surface area (Å²) >= 11 is 0. The molecular weight excluding hydrogens is 344 g/mol. The zero-order valence-corrected chi connectivity index (χ0v) is 14.8. The van der Waals surface area contributed by atoms with Gasteiger partial charge in [-0.25, -0.2) is 0 Å². The second-order valence-electron chi connectivity index (χ2n) is 6.94. The first-order valence-electron chi connectivity index (χ1n) is 9.00. The topological polar surface area (TPSA) is 83.6 Å². The van der Waals surface area contributed by atoms with E-state index in [0.29, 0.717) is 37.2 Å². The smallest absolute Gasteiger partial charge is 0.314 e. The van der Waals surface area contributed by atoms with Crippen molar-refractivity contribution in [3.63, 3.8) is 0 Å². The average molecular weight is 364 g/mol. The van der Waals surface area contributed by atoms with E-state index in [-0.39, 0.29) is 12.3 Å². The number of carboxylic acids is 1. The number of aliphatic carboxylic acids is 1. The maximum Gasteiger partial charge on any atom is 0.314 e. The average Bonchev–Trinajstić information content (AvgIpc) is 3.11. The molecule has 0 atom stereocenters. The molecule has 0 unspecified atom stereocenters. The van der Waals surface area contributed by atoms with Crippen LogP contribution in [0.5, 0.6) is 0 Å². The molecule has 1 saturated heterocycles. The number of carboxylic acid groups (broad SMARTS) is 1. The quantitative estimate of drug-likeness (QED) is 0.769. The number of carbonyl (C=O) groups excluding carboxylic acids is 1. The molecule has 2 aromatic carbocycles. The van der Waals surface area contributed by atoms with Crippen molar-refractivity contribution in [2.45, 2.75) is 24.7 Å². The molecule has 1 aliphatic heterocycles. The van der Waals surface area contributed by atoms with Crippen LogP contribution in [0.3, 0.4) is 0 Å². The minimum Gasteiger partial charge on any atom is -0.481 e. The maximum absolute atomic E-state index is 12.7. The number of carbonyl (C=O) groups is 2. The van der Waals surface area contributed by atoms with E-state index in [2.05, 4.69) is 5.16 Å². The van der Waals surface area contributed by atoms with Crippen molar-refractivity contribution in [3.8, 4) is 0 Å². The molecule has 0 bridgehead atoms. The minimum absolute atomic E-state index is 0.0545. The highest BCUT2D eigenvalue weighted by Crippen LogP contribution is 2.36. The monoisotopic (exact) mass is 364 g/mol. The van der Waals surface area contributed by atoms with Crippen LogP contribution in [0, 0.1) is 0 Å². The summed E-state index contributed by atoms with van der Waals surface area (Å²) in [5, 5.41) is 14.7. The molecule has 0 aliphatic carbocycles. The minimum atomic E-state index is -0.932. The number of hydrogen-bond donors (Lipinski definition) is 1. The van der Waals surface area contributed by atoms with E-state index in [9.17, 15) is 14.7 Å². The zero-order valence-electron chi connectivity index (χ0n) is 14.8. The summed E-state index contributed by atoms with van der Waals surface area (Å²) in [6, 6.07) is 16.7. The highest BCUT2D eigenvalue weighted by atomic mass is 16.5. The van der Waals surface area contributed by atoms with Crippen LogP contribution < -0.4 is 0 Å². The number of fused-ring (bicyclic) bond motifs is 1. The Morgan fingerprint density at radius 1 is 1.04 bits per heavy atom. The molecule has 0 saturated carbocycles. The van der Waals surface area contributed by atoms with Crippen LogP contribution in [0.4, 0.5) is 0 Å². The third-order valence-corrected chi connectivity index (χ3v) is 5.48. The van der Waals surface area contributed by atoms with Gasteiger partial charge in [0.15, 0.2) is 5.58 Å². The summed E-state index contributed by atoms with van der Waals surface area (Å²) in [5.74, 6) is -0.885. The van der Waals surface area contributed by atoms with E-state index in [0.717, 1.165) is 10.9 Å². The SMILES string of the molecule is O=C(Cc1noc2ccccc12)N1CCC(C(=O)O)(c2ccccc2)CC1. The molecule has 0 radical (unpaired) electrons. The number of likely N-dealkylation sites (tertiary alicyclic amines) is 1. The van der Waals surface area contributed by atoms with E-state index in [4.69, 9.17) is 4.52 Å². The third-order valence-electron chi connectivity index (χ3n) is 5.48. The van der Waals surface area contributed by atoms with E-state index in [1.807, 2.05) is 54.6 Å². The van der Waals surface area contributed by atoms with Gasteiger partial charge >= 0.3 is 5.97 Å². The van der Waals surface area contributed by atoms with Crippen LogP contribution in [0.1, 0.15) is 24.1 Å². The summed E-state index contributed by atoms with van der Waals surface area (Å²) in [6.45, 7) is 0.825. The number of amides is 1. The lowest BCUT2D eigenvalue weighted by Crippen LogP contribution is -2.49. The lowest BCUT2D eigenvalue weighted by Gasteiger charge is -2.39. The summed E-state index contributed by atoms with van der Waals surface area (Å²) in [5.41, 5.74) is 1.15. The van der Waals surface area contributed by atoms with Gasteiger partial charge in [-0.1, -0.05) is 47.6 Å². The number of rotatable bonds is 4. The molecule has 0 spiro atoms. The fourth-order valence-electron chi connectivity index (χ4n) is 3.84. The molecule has 4 rings (SSSR count). The Balaban J connectivity index is 1.48. The number of para-hydroxylation sites is 1. The van der Waals surface area contributed by atoms with Gasteiger partial charge < -0.3 is 14.5 Å². The van der Waals surface area contributed by atoms with Crippen LogP contribution in [0.15, 0.2) is 59.1 Å². The van der Waals surface area contributed by atoms with Gasteiger partial charge in [0.2, 0.25) is 5.91 Å². The van der Waals surface area contributed by atoms with Gasteiger partial charge in [0, 0.05) is 18.5 Å². The van der Waals surface area contributed by atoms with Crippen molar-refractivity contribution in [1.29, 1.82) is 0 Å². The molecule has 6 nitrogen and oxygen atoms in total. The molecule has 6 heteroatoms. The van der Waals surface area contributed by atoms with Crippen molar-refractivity contribution in [3.05, 3.63) is 65.9 Å². The van der Waals surface area contributed by atoms with Crippen molar-refractivity contribution < 1.29 is 19.2 Å². The molecule has 3 aromatic rings. The first-order chi connectivity index (χ1) is 13.1. The number of piperidine rings is 1. The Morgan fingerprint density at radius 2 is 1.70 bits per heavy atom. The van der Waals surface area contributed by atoms with Gasteiger partial charge in [-0.3, -0.25) is 9.59 Å². The molecule has 2 heterocycles. The Bertz CT molecular complexity index is 972. The lowest BCUT2D eigenvalue weighted by atomic mass is 9.73. The molecule has 1 aromatic heterocycles. The molecule has 138 valence electrons. The fourth-order valence-corrected chi connectivity index (χ4v) is 3.84. The highest BCUT2D eigenvalue weighted by Gasteiger charge is 2.43. The first kappa shape index (κ1) is 17.3. The summed E-state index contributed by atoms with van der Waals surface area (Å²) < 4.78 is 5.26. The largest absolute Gasteiger partial charge is 0.481 e. The lowest BCUT2D eigenvalue weighted by molar-refractivity contribution is -0.148. The summed E-state index contributed by atoms with van der Waals surface area (Å²) in [4.78, 5) is 26.5. The second-order valence-corrected chi connectivity index (χ2v) is 6.94. The predicted molar refractivity (Wildman–Crippen MR) is 99.3 cm³/mol. The van der Waals surface area contributed by atoms with Gasteiger partial charge in [-0.2, -0.15) is 0 Å². The number of nitrogens with zero attached hydrogens (tertiary/aromatic N) is 2. The van der Waals surface area contributed by atoms with Crippen LogP contribution in [0.2, 0.25) is 0 Å². The molecule has 1 N–H and O–H groups in total.